The van der Waals surface area contributed by atoms with Crippen LogP contribution in [-0.2, 0) is 13.0 Å². The number of nitrogens with one attached hydrogen (secondary N) is 1. The molecule has 4 rings (SSSR count). The van der Waals surface area contributed by atoms with Gasteiger partial charge in [0.05, 0.1) is 18.2 Å². The fraction of sp³-hybridized carbons (Fsp3) is 0.333. The van der Waals surface area contributed by atoms with Gasteiger partial charge in [-0.3, -0.25) is 4.98 Å². The van der Waals surface area contributed by atoms with Gasteiger partial charge in [-0.05, 0) is 55.9 Å². The van der Waals surface area contributed by atoms with Crippen LogP contribution in [0.4, 0.5) is 5.82 Å². The van der Waals surface area contributed by atoms with Crippen LogP contribution in [0.15, 0.2) is 79.8 Å². The highest BCUT2D eigenvalue weighted by Gasteiger charge is 2.16. The molecule has 0 fully saturated rings. The van der Waals surface area contributed by atoms with E-state index in [9.17, 15) is 5.26 Å². The second kappa shape index (κ2) is 13.8. The summed E-state index contributed by atoms with van der Waals surface area (Å²) in [6.07, 6.45) is 11.3. The first kappa shape index (κ1) is 26.6. The summed E-state index contributed by atoms with van der Waals surface area (Å²) in [6, 6.07) is 18.9. The monoisotopic (exact) mass is 480 g/mol. The lowest BCUT2D eigenvalue weighted by Crippen LogP contribution is -2.10. The molecule has 0 aliphatic heterocycles. The first-order valence-corrected chi connectivity index (χ1v) is 12.6. The van der Waals surface area contributed by atoms with E-state index in [-0.39, 0.29) is 5.92 Å². The smallest absolute Gasteiger partial charge is 0.157 e. The number of hydrogen-bond donors (Lipinski definition) is 1. The third-order valence-corrected chi connectivity index (χ3v) is 6.06. The Labute approximate surface area is 214 Å². The van der Waals surface area contributed by atoms with Crippen LogP contribution >= 0.6 is 0 Å². The minimum Gasteiger partial charge on any atom is -0.366 e. The number of fused-ring (bicyclic) bond motifs is 1. The van der Waals surface area contributed by atoms with Crippen molar-refractivity contribution < 1.29 is 0 Å². The van der Waals surface area contributed by atoms with E-state index in [0.717, 1.165) is 54.0 Å². The molecule has 6 heteroatoms. The van der Waals surface area contributed by atoms with Crippen molar-refractivity contribution in [2.75, 3.05) is 5.32 Å². The third-order valence-electron chi connectivity index (χ3n) is 6.06. The number of aryl methyl sites for hydroxylation is 1. The fourth-order valence-electron chi connectivity index (χ4n) is 4.18. The van der Waals surface area contributed by atoms with Gasteiger partial charge in [0.1, 0.15) is 5.82 Å². The number of pyridine rings is 1. The van der Waals surface area contributed by atoms with Crippen LogP contribution in [0, 0.1) is 11.3 Å². The van der Waals surface area contributed by atoms with E-state index in [1.807, 2.05) is 42.8 Å². The van der Waals surface area contributed by atoms with Crippen LogP contribution in [0.2, 0.25) is 0 Å². The Hall–Kier alpha value is -3.98. The van der Waals surface area contributed by atoms with Crippen molar-refractivity contribution in [3.05, 3.63) is 102 Å². The van der Waals surface area contributed by atoms with Crippen LogP contribution in [0.25, 0.3) is 5.65 Å². The standard InChI is InChI=1S/C27H30N6.C3H6/c1-3-6-23(11-10-21-7-4-9-24(15-21)20(2)17-28)25-16-27(33-26(32-25)12-14-31-33)30-19-22-8-5-13-29-18-22;1-3-2/h4-5,7-9,12-16,18,20,23,30H,3,6,10-11,19H2,1-2H3;3H,1H2,2H3. The van der Waals surface area contributed by atoms with Gasteiger partial charge in [0.2, 0.25) is 0 Å². The van der Waals surface area contributed by atoms with E-state index in [0.29, 0.717) is 12.5 Å². The maximum atomic E-state index is 9.25. The van der Waals surface area contributed by atoms with E-state index in [2.05, 4.69) is 65.3 Å². The van der Waals surface area contributed by atoms with Gasteiger partial charge < -0.3 is 5.32 Å². The first-order chi connectivity index (χ1) is 17.6. The summed E-state index contributed by atoms with van der Waals surface area (Å²) in [6.45, 7) is 10.1. The number of nitrogens with zero attached hydrogens (tertiary/aromatic N) is 5. The second-order valence-electron chi connectivity index (χ2n) is 8.91. The zero-order valence-electron chi connectivity index (χ0n) is 21.6. The van der Waals surface area contributed by atoms with Crippen molar-refractivity contribution in [1.29, 1.82) is 5.26 Å². The molecule has 36 heavy (non-hydrogen) atoms. The minimum absolute atomic E-state index is 0.0872. The number of anilines is 1. The summed E-state index contributed by atoms with van der Waals surface area (Å²) < 4.78 is 1.86. The van der Waals surface area contributed by atoms with Crippen LogP contribution in [-0.4, -0.2) is 19.6 Å². The van der Waals surface area contributed by atoms with Crippen molar-refractivity contribution >= 4 is 11.5 Å². The maximum absolute atomic E-state index is 9.25. The average molecular weight is 481 g/mol. The molecule has 0 bridgehead atoms. The molecule has 0 aliphatic carbocycles. The van der Waals surface area contributed by atoms with Crippen molar-refractivity contribution in [2.45, 2.75) is 64.8 Å². The van der Waals surface area contributed by atoms with Gasteiger partial charge in [-0.2, -0.15) is 14.9 Å². The Bertz CT molecular complexity index is 1270. The zero-order chi connectivity index (χ0) is 25.8. The van der Waals surface area contributed by atoms with Crippen molar-refractivity contribution in [3.63, 3.8) is 0 Å². The summed E-state index contributed by atoms with van der Waals surface area (Å²) in [4.78, 5) is 9.15. The molecule has 3 aromatic heterocycles. The summed E-state index contributed by atoms with van der Waals surface area (Å²) >= 11 is 0. The average Bonchev–Trinajstić information content (AvgIpc) is 3.39. The van der Waals surface area contributed by atoms with Crippen LogP contribution < -0.4 is 5.32 Å². The largest absolute Gasteiger partial charge is 0.366 e. The molecule has 4 aromatic rings. The molecule has 6 nitrogen and oxygen atoms in total. The van der Waals surface area contributed by atoms with Crippen molar-refractivity contribution in [2.24, 2.45) is 0 Å². The Morgan fingerprint density at radius 3 is 2.64 bits per heavy atom. The molecule has 0 radical (unpaired) electrons. The molecule has 0 amide bonds. The normalized spacial score (nSPS) is 12.2. The lowest BCUT2D eigenvalue weighted by molar-refractivity contribution is 0.555. The number of rotatable bonds is 10. The Morgan fingerprint density at radius 2 is 1.92 bits per heavy atom. The summed E-state index contributed by atoms with van der Waals surface area (Å²) in [7, 11) is 0. The van der Waals surface area contributed by atoms with E-state index in [1.54, 1.807) is 18.5 Å². The van der Waals surface area contributed by atoms with Crippen LogP contribution in [0.3, 0.4) is 0 Å². The van der Waals surface area contributed by atoms with Gasteiger partial charge >= 0.3 is 0 Å². The summed E-state index contributed by atoms with van der Waals surface area (Å²) in [5, 5.41) is 17.2. The van der Waals surface area contributed by atoms with E-state index >= 15 is 0 Å². The Balaban J connectivity index is 0.00000115. The Morgan fingerprint density at radius 1 is 1.11 bits per heavy atom. The van der Waals surface area contributed by atoms with Crippen LogP contribution in [0.1, 0.15) is 74.3 Å². The van der Waals surface area contributed by atoms with Gasteiger partial charge in [0, 0.05) is 42.7 Å². The Kier molecular flexibility index (Phi) is 10.2. The van der Waals surface area contributed by atoms with Gasteiger partial charge in [0.25, 0.3) is 0 Å². The predicted molar refractivity (Wildman–Crippen MR) is 147 cm³/mol. The molecular weight excluding hydrogens is 444 g/mol. The number of aromatic nitrogens is 4. The molecule has 0 spiro atoms. The lowest BCUT2D eigenvalue weighted by Gasteiger charge is -2.18. The quantitative estimate of drug-likeness (QED) is 0.246. The highest BCUT2D eigenvalue weighted by Crippen LogP contribution is 2.28. The fourth-order valence-corrected chi connectivity index (χ4v) is 4.18. The van der Waals surface area contributed by atoms with Gasteiger partial charge in [-0.25, -0.2) is 4.98 Å². The summed E-state index contributed by atoms with van der Waals surface area (Å²) in [5.74, 6) is 1.21. The second-order valence-corrected chi connectivity index (χ2v) is 8.91. The first-order valence-electron chi connectivity index (χ1n) is 12.6. The molecular formula is C30H36N6. The molecule has 0 saturated carbocycles. The molecule has 3 heterocycles. The number of benzene rings is 1. The van der Waals surface area contributed by atoms with Gasteiger partial charge in [-0.15, -0.1) is 6.58 Å². The molecule has 2 atom stereocenters. The van der Waals surface area contributed by atoms with Crippen molar-refractivity contribution in [1.82, 2.24) is 19.6 Å². The maximum Gasteiger partial charge on any atom is 0.157 e. The molecule has 0 aliphatic rings. The highest BCUT2D eigenvalue weighted by atomic mass is 15.3. The minimum atomic E-state index is -0.0872. The van der Waals surface area contributed by atoms with Gasteiger partial charge in [-0.1, -0.05) is 49.8 Å². The van der Waals surface area contributed by atoms with E-state index in [1.165, 1.54) is 5.56 Å². The summed E-state index contributed by atoms with van der Waals surface area (Å²) in [5.41, 5.74) is 5.43. The van der Waals surface area contributed by atoms with Crippen LogP contribution in [0.5, 0.6) is 0 Å². The topological polar surface area (TPSA) is 78.9 Å². The predicted octanol–water partition coefficient (Wildman–Crippen LogP) is 7.07. The molecule has 2 unspecified atom stereocenters. The third kappa shape index (κ3) is 7.26. The SMILES string of the molecule is C=CC.CCCC(CCc1cccc(C(C)C#N)c1)c1cc(NCc2cccnc2)n2nccc2n1. The number of hydrogen-bond acceptors (Lipinski definition) is 5. The highest BCUT2D eigenvalue weighted by molar-refractivity contribution is 5.50. The van der Waals surface area contributed by atoms with E-state index < -0.39 is 0 Å². The van der Waals surface area contributed by atoms with Gasteiger partial charge in [0.15, 0.2) is 5.65 Å². The number of nitriles is 1. The zero-order valence-corrected chi connectivity index (χ0v) is 21.6. The number of allylic oxidation sites excluding steroid dienone is 1. The molecule has 1 N–H and O–H groups in total. The molecule has 1 aromatic carbocycles. The molecule has 186 valence electrons. The van der Waals surface area contributed by atoms with E-state index in [4.69, 9.17) is 4.98 Å². The van der Waals surface area contributed by atoms with Crippen molar-refractivity contribution in [3.8, 4) is 6.07 Å². The lowest BCUT2D eigenvalue weighted by atomic mass is 9.91. The molecule has 0 saturated heterocycles.